The normalized spacial score (nSPS) is 10.3. The van der Waals surface area contributed by atoms with E-state index in [1.807, 2.05) is 0 Å². The molecule has 0 fully saturated rings. The Hall–Kier alpha value is -1.91. The van der Waals surface area contributed by atoms with Crippen molar-refractivity contribution < 1.29 is 14.7 Å². The van der Waals surface area contributed by atoms with Gasteiger partial charge in [-0.1, -0.05) is 0 Å². The van der Waals surface area contributed by atoms with Crippen LogP contribution in [-0.2, 0) is 9.47 Å². The van der Waals surface area contributed by atoms with Gasteiger partial charge in [-0.15, -0.1) is 0 Å². The standard InChI is InChI=1S/C8H10N4O3/c1-14-8(15-2)6-4-12(13)7(10)5(3-9)11-6/h4,8,10,13H,1-2H3. The Kier molecular flexibility index (Phi) is 3.38. The Bertz CT molecular complexity index is 444. The smallest absolute Gasteiger partial charge is 0.202 e. The third-order valence-electron chi connectivity index (χ3n) is 1.72. The molecule has 0 aliphatic heterocycles. The van der Waals surface area contributed by atoms with Crippen LogP contribution in [0.5, 0.6) is 0 Å². The summed E-state index contributed by atoms with van der Waals surface area (Å²) in [4.78, 5) is 3.81. The number of nitrogens with zero attached hydrogens (tertiary/aromatic N) is 3. The first kappa shape index (κ1) is 11.2. The average molecular weight is 210 g/mol. The predicted octanol–water partition coefficient (Wildman–Crippen LogP) is -0.237. The van der Waals surface area contributed by atoms with Gasteiger partial charge in [-0.25, -0.2) is 4.98 Å². The van der Waals surface area contributed by atoms with Crippen molar-refractivity contribution >= 4 is 0 Å². The van der Waals surface area contributed by atoms with Crippen molar-refractivity contribution in [2.24, 2.45) is 0 Å². The fraction of sp³-hybridized carbons (Fsp3) is 0.375. The van der Waals surface area contributed by atoms with Gasteiger partial charge in [0, 0.05) is 14.2 Å². The Morgan fingerprint density at radius 1 is 1.60 bits per heavy atom. The van der Waals surface area contributed by atoms with Crippen LogP contribution >= 0.6 is 0 Å². The lowest BCUT2D eigenvalue weighted by molar-refractivity contribution is -0.109. The van der Waals surface area contributed by atoms with Gasteiger partial charge in [0.1, 0.15) is 11.8 Å². The van der Waals surface area contributed by atoms with Gasteiger partial charge in [-0.3, -0.25) is 5.41 Å². The third kappa shape index (κ3) is 2.12. The van der Waals surface area contributed by atoms with Crippen molar-refractivity contribution in [3.8, 4) is 6.07 Å². The van der Waals surface area contributed by atoms with Crippen molar-refractivity contribution in [1.82, 2.24) is 9.71 Å². The highest BCUT2D eigenvalue weighted by Crippen LogP contribution is 2.12. The first-order valence-corrected chi connectivity index (χ1v) is 3.97. The first-order valence-electron chi connectivity index (χ1n) is 3.97. The molecular formula is C8H10N4O3. The SMILES string of the molecule is COC(OC)c1cn(O)c(=N)c(C#N)n1. The van der Waals surface area contributed by atoms with Gasteiger partial charge in [0.2, 0.25) is 6.29 Å². The molecule has 7 nitrogen and oxygen atoms in total. The molecule has 0 amide bonds. The molecule has 0 saturated heterocycles. The molecule has 7 heteroatoms. The van der Waals surface area contributed by atoms with E-state index in [0.29, 0.717) is 4.73 Å². The van der Waals surface area contributed by atoms with Gasteiger partial charge in [0.05, 0.1) is 6.20 Å². The molecule has 1 heterocycles. The summed E-state index contributed by atoms with van der Waals surface area (Å²) in [6.07, 6.45) is 0.372. The fourth-order valence-electron chi connectivity index (χ4n) is 1.04. The molecule has 0 aliphatic carbocycles. The summed E-state index contributed by atoms with van der Waals surface area (Å²) < 4.78 is 10.3. The second kappa shape index (κ2) is 4.54. The number of rotatable bonds is 3. The lowest BCUT2D eigenvalue weighted by Gasteiger charge is -2.13. The number of hydrogen-bond acceptors (Lipinski definition) is 6. The monoisotopic (exact) mass is 210 g/mol. The zero-order chi connectivity index (χ0) is 11.4. The molecule has 1 rings (SSSR count). The summed E-state index contributed by atoms with van der Waals surface area (Å²) in [6.45, 7) is 0. The second-order valence-electron chi connectivity index (χ2n) is 2.62. The van der Waals surface area contributed by atoms with Gasteiger partial charge in [-0.05, 0) is 0 Å². The maximum atomic E-state index is 9.28. The van der Waals surface area contributed by atoms with Crippen molar-refractivity contribution in [2.75, 3.05) is 14.2 Å². The van der Waals surface area contributed by atoms with Crippen molar-refractivity contribution in [3.05, 3.63) is 23.1 Å². The van der Waals surface area contributed by atoms with Crippen molar-refractivity contribution in [3.63, 3.8) is 0 Å². The molecule has 0 aromatic carbocycles. The maximum absolute atomic E-state index is 9.28. The molecular weight excluding hydrogens is 200 g/mol. The van der Waals surface area contributed by atoms with Crippen molar-refractivity contribution in [2.45, 2.75) is 6.29 Å². The topological polar surface area (TPSA) is 104 Å². The fourth-order valence-corrected chi connectivity index (χ4v) is 1.04. The molecule has 2 N–H and O–H groups in total. The molecule has 0 spiro atoms. The number of ether oxygens (including phenoxy) is 2. The zero-order valence-corrected chi connectivity index (χ0v) is 8.26. The number of nitrogens with one attached hydrogen (secondary N) is 1. The number of nitriles is 1. The molecule has 0 bridgehead atoms. The Morgan fingerprint density at radius 3 is 2.67 bits per heavy atom. The number of methoxy groups -OCH3 is 2. The quantitative estimate of drug-likeness (QED) is 0.529. The summed E-state index contributed by atoms with van der Waals surface area (Å²) in [5.41, 5.74) is -0.364. The minimum Gasteiger partial charge on any atom is -0.427 e. The van der Waals surface area contributed by atoms with E-state index in [2.05, 4.69) is 4.98 Å². The highest BCUT2D eigenvalue weighted by atomic mass is 16.7. The molecule has 0 aliphatic rings. The molecule has 0 saturated carbocycles. The largest absolute Gasteiger partial charge is 0.427 e. The number of hydrogen-bond donors (Lipinski definition) is 2. The zero-order valence-electron chi connectivity index (χ0n) is 8.26. The van der Waals surface area contributed by atoms with E-state index in [1.165, 1.54) is 14.2 Å². The summed E-state index contributed by atoms with van der Waals surface area (Å²) in [5, 5.41) is 25.2. The van der Waals surface area contributed by atoms with Crippen molar-refractivity contribution in [1.29, 1.82) is 10.7 Å². The Morgan fingerprint density at radius 2 is 2.20 bits per heavy atom. The van der Waals surface area contributed by atoms with Crippen LogP contribution in [0.25, 0.3) is 0 Å². The van der Waals surface area contributed by atoms with Crippen LogP contribution in [0.1, 0.15) is 17.7 Å². The van der Waals surface area contributed by atoms with E-state index in [-0.39, 0.29) is 16.9 Å². The van der Waals surface area contributed by atoms with Gasteiger partial charge >= 0.3 is 0 Å². The van der Waals surface area contributed by atoms with E-state index in [9.17, 15) is 5.21 Å². The van der Waals surface area contributed by atoms with Crippen LogP contribution in [0.4, 0.5) is 0 Å². The summed E-state index contributed by atoms with van der Waals surface area (Å²) in [6, 6.07) is 1.69. The van der Waals surface area contributed by atoms with Crippen LogP contribution in [-0.4, -0.2) is 29.1 Å². The highest BCUT2D eigenvalue weighted by molar-refractivity contribution is 5.17. The Balaban J connectivity index is 3.29. The lowest BCUT2D eigenvalue weighted by Crippen LogP contribution is -2.24. The molecule has 1 aromatic heterocycles. The van der Waals surface area contributed by atoms with E-state index in [0.717, 1.165) is 6.20 Å². The minimum absolute atomic E-state index is 0.200. The van der Waals surface area contributed by atoms with Gasteiger partial charge < -0.3 is 14.7 Å². The van der Waals surface area contributed by atoms with Crippen LogP contribution in [0, 0.1) is 16.7 Å². The minimum atomic E-state index is -0.781. The summed E-state index contributed by atoms with van der Waals surface area (Å²) >= 11 is 0. The molecule has 15 heavy (non-hydrogen) atoms. The molecule has 0 radical (unpaired) electrons. The molecule has 0 atom stereocenters. The van der Waals surface area contributed by atoms with Crippen LogP contribution < -0.4 is 5.49 Å². The summed E-state index contributed by atoms with van der Waals surface area (Å²) in [5.74, 6) is 0. The first-order chi connectivity index (χ1) is 7.13. The third-order valence-corrected chi connectivity index (χ3v) is 1.72. The average Bonchev–Trinajstić information content (AvgIpc) is 2.24. The molecule has 1 aromatic rings. The second-order valence-corrected chi connectivity index (χ2v) is 2.62. The van der Waals surface area contributed by atoms with Gasteiger partial charge in [0.15, 0.2) is 11.2 Å². The van der Waals surface area contributed by atoms with E-state index in [1.54, 1.807) is 6.07 Å². The van der Waals surface area contributed by atoms with E-state index in [4.69, 9.17) is 20.1 Å². The summed E-state index contributed by atoms with van der Waals surface area (Å²) in [7, 11) is 2.80. The molecule has 80 valence electrons. The van der Waals surface area contributed by atoms with Crippen LogP contribution in [0.15, 0.2) is 6.20 Å². The Labute approximate surface area is 85.6 Å². The lowest BCUT2D eigenvalue weighted by atomic mass is 10.4. The van der Waals surface area contributed by atoms with Gasteiger partial charge in [-0.2, -0.15) is 9.99 Å². The van der Waals surface area contributed by atoms with E-state index >= 15 is 0 Å². The van der Waals surface area contributed by atoms with E-state index < -0.39 is 6.29 Å². The van der Waals surface area contributed by atoms with Gasteiger partial charge in [0.25, 0.3) is 0 Å². The predicted molar refractivity (Wildman–Crippen MR) is 46.7 cm³/mol. The maximum Gasteiger partial charge on any atom is 0.202 e. The highest BCUT2D eigenvalue weighted by Gasteiger charge is 2.14. The molecule has 0 unspecified atom stereocenters. The van der Waals surface area contributed by atoms with Crippen LogP contribution in [0.2, 0.25) is 0 Å². The van der Waals surface area contributed by atoms with Crippen LogP contribution in [0.3, 0.4) is 0 Å². The number of aromatic nitrogens is 2.